The molecule has 2 heterocycles. The molecule has 6 heteroatoms. The fourth-order valence-corrected chi connectivity index (χ4v) is 4.09. The summed E-state index contributed by atoms with van der Waals surface area (Å²) in [6.07, 6.45) is 1.73. The lowest BCUT2D eigenvalue weighted by Crippen LogP contribution is -2.14. The summed E-state index contributed by atoms with van der Waals surface area (Å²) in [6, 6.07) is 13.5. The van der Waals surface area contributed by atoms with E-state index in [9.17, 15) is 4.79 Å². The van der Waals surface area contributed by atoms with E-state index in [1.807, 2.05) is 42.5 Å². The Morgan fingerprint density at radius 3 is 2.91 bits per heavy atom. The third-order valence-corrected chi connectivity index (χ3v) is 5.41. The zero-order valence-electron chi connectivity index (χ0n) is 11.6. The van der Waals surface area contributed by atoms with E-state index < -0.39 is 0 Å². The largest absolute Gasteiger partial charge is 0.323 e. The second-order valence-electron chi connectivity index (χ2n) is 4.63. The lowest BCUT2D eigenvalue weighted by atomic mass is 10.2. The third kappa shape index (κ3) is 3.80. The predicted octanol–water partition coefficient (Wildman–Crippen LogP) is 4.82. The molecule has 2 aromatic heterocycles. The number of rotatable bonds is 5. The summed E-state index contributed by atoms with van der Waals surface area (Å²) in [7, 11) is 0. The Labute approximate surface area is 141 Å². The minimum atomic E-state index is -0.0224. The van der Waals surface area contributed by atoms with Gasteiger partial charge in [-0.2, -0.15) is 0 Å². The van der Waals surface area contributed by atoms with Crippen LogP contribution in [0.4, 0.5) is 5.69 Å². The van der Waals surface area contributed by atoms with E-state index >= 15 is 0 Å². The SMILES string of the molecule is O=C(CSCc1ccc(Cl)s1)Nc1cccc2cccnc12. The maximum Gasteiger partial charge on any atom is 0.234 e. The van der Waals surface area contributed by atoms with Crippen molar-refractivity contribution in [2.24, 2.45) is 0 Å². The molecule has 3 rings (SSSR count). The number of hydrogen-bond acceptors (Lipinski definition) is 4. The quantitative estimate of drug-likeness (QED) is 0.718. The number of amides is 1. The molecule has 0 aliphatic rings. The first-order chi connectivity index (χ1) is 10.7. The van der Waals surface area contributed by atoms with Crippen molar-refractivity contribution < 1.29 is 4.79 Å². The number of fused-ring (bicyclic) bond motifs is 1. The Hall–Kier alpha value is -1.56. The molecule has 0 saturated carbocycles. The summed E-state index contributed by atoms with van der Waals surface area (Å²) in [5.74, 6) is 1.17. The highest BCUT2D eigenvalue weighted by Gasteiger charge is 2.07. The predicted molar refractivity (Wildman–Crippen MR) is 95.9 cm³/mol. The zero-order chi connectivity index (χ0) is 15.4. The molecule has 0 radical (unpaired) electrons. The van der Waals surface area contributed by atoms with Crippen LogP contribution in [0.3, 0.4) is 0 Å². The van der Waals surface area contributed by atoms with Gasteiger partial charge < -0.3 is 5.32 Å². The Morgan fingerprint density at radius 1 is 1.23 bits per heavy atom. The number of aromatic nitrogens is 1. The Morgan fingerprint density at radius 2 is 2.09 bits per heavy atom. The Bertz CT molecular complexity index is 798. The first-order valence-electron chi connectivity index (χ1n) is 6.68. The minimum absolute atomic E-state index is 0.0224. The molecule has 0 unspecified atom stereocenters. The topological polar surface area (TPSA) is 42.0 Å². The molecule has 0 spiro atoms. The van der Waals surface area contributed by atoms with Crippen molar-refractivity contribution in [1.29, 1.82) is 0 Å². The molecule has 0 saturated heterocycles. The van der Waals surface area contributed by atoms with Gasteiger partial charge in [0.2, 0.25) is 5.91 Å². The summed E-state index contributed by atoms with van der Waals surface area (Å²) in [5.41, 5.74) is 1.57. The van der Waals surface area contributed by atoms with Crippen molar-refractivity contribution in [3.05, 3.63) is 57.9 Å². The van der Waals surface area contributed by atoms with Crippen LogP contribution in [-0.2, 0) is 10.5 Å². The van der Waals surface area contributed by atoms with Crippen molar-refractivity contribution >= 4 is 57.2 Å². The number of halogens is 1. The highest BCUT2D eigenvalue weighted by atomic mass is 35.5. The van der Waals surface area contributed by atoms with E-state index in [0.717, 1.165) is 26.7 Å². The van der Waals surface area contributed by atoms with Gasteiger partial charge in [-0.05, 0) is 24.3 Å². The van der Waals surface area contributed by atoms with Gasteiger partial charge in [0.15, 0.2) is 0 Å². The van der Waals surface area contributed by atoms with Crippen molar-refractivity contribution in [3.63, 3.8) is 0 Å². The maximum atomic E-state index is 12.1. The summed E-state index contributed by atoms with van der Waals surface area (Å²) >= 11 is 9.01. The first kappa shape index (κ1) is 15.3. The van der Waals surface area contributed by atoms with Crippen LogP contribution in [0.25, 0.3) is 10.9 Å². The van der Waals surface area contributed by atoms with Crippen molar-refractivity contribution in [2.45, 2.75) is 5.75 Å². The van der Waals surface area contributed by atoms with Crippen LogP contribution in [0.1, 0.15) is 4.88 Å². The second kappa shape index (κ2) is 7.13. The first-order valence-corrected chi connectivity index (χ1v) is 9.03. The van der Waals surface area contributed by atoms with E-state index in [0.29, 0.717) is 5.75 Å². The molecule has 3 aromatic rings. The zero-order valence-corrected chi connectivity index (χ0v) is 14.0. The number of para-hydroxylation sites is 1. The molecule has 1 N–H and O–H groups in total. The fraction of sp³-hybridized carbons (Fsp3) is 0.125. The number of pyridine rings is 1. The number of nitrogens with zero attached hydrogens (tertiary/aromatic N) is 1. The van der Waals surface area contributed by atoms with Crippen LogP contribution in [-0.4, -0.2) is 16.6 Å². The molecule has 0 fully saturated rings. The van der Waals surface area contributed by atoms with Crippen molar-refractivity contribution in [2.75, 3.05) is 11.1 Å². The molecular formula is C16H13ClN2OS2. The number of anilines is 1. The van der Waals surface area contributed by atoms with Gasteiger partial charge in [-0.15, -0.1) is 23.1 Å². The van der Waals surface area contributed by atoms with Crippen molar-refractivity contribution in [3.8, 4) is 0 Å². The highest BCUT2D eigenvalue weighted by Crippen LogP contribution is 2.25. The number of hydrogen-bond donors (Lipinski definition) is 1. The summed E-state index contributed by atoms with van der Waals surface area (Å²) in [4.78, 5) is 17.6. The summed E-state index contributed by atoms with van der Waals surface area (Å²) in [5, 5.41) is 3.95. The fourth-order valence-electron chi connectivity index (χ4n) is 2.07. The van der Waals surface area contributed by atoms with Gasteiger partial charge >= 0.3 is 0 Å². The van der Waals surface area contributed by atoms with Crippen LogP contribution < -0.4 is 5.32 Å². The molecular weight excluding hydrogens is 336 g/mol. The van der Waals surface area contributed by atoms with E-state index in [1.54, 1.807) is 29.3 Å². The molecule has 1 amide bonds. The smallest absolute Gasteiger partial charge is 0.234 e. The van der Waals surface area contributed by atoms with E-state index in [-0.39, 0.29) is 5.91 Å². The number of nitrogens with one attached hydrogen (secondary N) is 1. The van der Waals surface area contributed by atoms with Gasteiger partial charge in [-0.3, -0.25) is 9.78 Å². The maximum absolute atomic E-state index is 12.1. The number of thioether (sulfide) groups is 1. The lowest BCUT2D eigenvalue weighted by molar-refractivity contribution is -0.113. The monoisotopic (exact) mass is 348 g/mol. The lowest BCUT2D eigenvalue weighted by Gasteiger charge is -2.07. The van der Waals surface area contributed by atoms with E-state index in [4.69, 9.17) is 11.6 Å². The van der Waals surface area contributed by atoms with Gasteiger partial charge in [0.25, 0.3) is 0 Å². The molecule has 1 aromatic carbocycles. The third-order valence-electron chi connectivity index (χ3n) is 3.01. The highest BCUT2D eigenvalue weighted by molar-refractivity contribution is 7.99. The van der Waals surface area contributed by atoms with Gasteiger partial charge in [0.1, 0.15) is 0 Å². The van der Waals surface area contributed by atoms with Crippen LogP contribution in [0.15, 0.2) is 48.7 Å². The molecule has 0 aliphatic carbocycles. The summed E-state index contributed by atoms with van der Waals surface area (Å²) in [6.45, 7) is 0. The molecule has 0 bridgehead atoms. The standard InChI is InChI=1S/C16H13ClN2OS2/c17-14-7-6-12(22-14)9-21-10-15(20)19-13-5-1-3-11-4-2-8-18-16(11)13/h1-8H,9-10H2,(H,19,20). The Kier molecular flexibility index (Phi) is 4.97. The number of carbonyl (C=O) groups is 1. The summed E-state index contributed by atoms with van der Waals surface area (Å²) < 4.78 is 0.780. The molecule has 22 heavy (non-hydrogen) atoms. The van der Waals surface area contributed by atoms with Crippen LogP contribution in [0.5, 0.6) is 0 Å². The number of thiophene rings is 1. The normalized spacial score (nSPS) is 10.8. The van der Waals surface area contributed by atoms with Gasteiger partial charge in [0, 0.05) is 22.2 Å². The molecule has 0 atom stereocenters. The molecule has 112 valence electrons. The van der Waals surface area contributed by atoms with Crippen LogP contribution in [0.2, 0.25) is 4.34 Å². The van der Waals surface area contributed by atoms with Crippen LogP contribution in [0, 0.1) is 0 Å². The van der Waals surface area contributed by atoms with E-state index in [1.165, 1.54) is 4.88 Å². The van der Waals surface area contributed by atoms with Crippen molar-refractivity contribution in [1.82, 2.24) is 4.98 Å². The van der Waals surface area contributed by atoms with Gasteiger partial charge in [-0.25, -0.2) is 0 Å². The minimum Gasteiger partial charge on any atom is -0.323 e. The van der Waals surface area contributed by atoms with Gasteiger partial charge in [0.05, 0.1) is 21.3 Å². The number of benzene rings is 1. The molecule has 3 nitrogen and oxygen atoms in total. The second-order valence-corrected chi connectivity index (χ2v) is 7.41. The number of carbonyl (C=O) groups excluding carboxylic acids is 1. The van der Waals surface area contributed by atoms with Crippen LogP contribution >= 0.6 is 34.7 Å². The van der Waals surface area contributed by atoms with Gasteiger partial charge in [-0.1, -0.05) is 29.8 Å². The van der Waals surface area contributed by atoms with E-state index in [2.05, 4.69) is 10.3 Å². The average molecular weight is 349 g/mol. The average Bonchev–Trinajstić information content (AvgIpc) is 2.93. The molecule has 0 aliphatic heterocycles. The Balaban J connectivity index is 1.59.